The van der Waals surface area contributed by atoms with Gasteiger partial charge in [0.25, 0.3) is 0 Å². The summed E-state index contributed by atoms with van der Waals surface area (Å²) in [6.07, 6.45) is 1.73. The average molecular weight is 300 g/mol. The Kier molecular flexibility index (Phi) is 4.45. The Morgan fingerprint density at radius 2 is 2.23 bits per heavy atom. The first-order valence-electron chi connectivity index (χ1n) is 7.31. The maximum Gasteiger partial charge on any atom is 0.149 e. The number of nitrogens with one attached hydrogen (secondary N) is 2. The molecule has 1 atom stereocenters. The highest BCUT2D eigenvalue weighted by atomic mass is 16.5. The quantitative estimate of drug-likeness (QED) is 0.693. The van der Waals surface area contributed by atoms with Crippen molar-refractivity contribution in [3.8, 4) is 0 Å². The minimum absolute atomic E-state index is 0.0765. The van der Waals surface area contributed by atoms with Gasteiger partial charge in [-0.15, -0.1) is 10.2 Å². The van der Waals surface area contributed by atoms with Crippen molar-refractivity contribution in [2.24, 2.45) is 0 Å². The van der Waals surface area contributed by atoms with E-state index in [-0.39, 0.29) is 6.04 Å². The Hall–Kier alpha value is -2.25. The fourth-order valence-electron chi connectivity index (χ4n) is 2.39. The molecule has 0 aliphatic carbocycles. The number of nitrogens with zero attached hydrogens (tertiary/aromatic N) is 4. The number of aromatic amines is 1. The van der Waals surface area contributed by atoms with Crippen molar-refractivity contribution in [2.75, 3.05) is 13.7 Å². The van der Waals surface area contributed by atoms with Crippen LogP contribution < -0.4 is 5.32 Å². The zero-order valence-electron chi connectivity index (χ0n) is 12.8. The Morgan fingerprint density at radius 1 is 1.36 bits per heavy atom. The minimum atomic E-state index is 0.0765. The zero-order valence-corrected chi connectivity index (χ0v) is 12.8. The highest BCUT2D eigenvalue weighted by molar-refractivity contribution is 5.74. The van der Waals surface area contributed by atoms with Gasteiger partial charge >= 0.3 is 0 Å². The summed E-state index contributed by atoms with van der Waals surface area (Å²) in [6.45, 7) is 4.10. The van der Waals surface area contributed by atoms with Crippen molar-refractivity contribution in [2.45, 2.75) is 26.1 Å². The third-order valence-electron chi connectivity index (χ3n) is 3.58. The molecule has 0 spiro atoms. The molecule has 0 fully saturated rings. The number of hydrogen-bond donors (Lipinski definition) is 2. The van der Waals surface area contributed by atoms with Crippen molar-refractivity contribution >= 4 is 11.0 Å². The van der Waals surface area contributed by atoms with Crippen LogP contribution in [0.4, 0.5) is 0 Å². The van der Waals surface area contributed by atoms with Gasteiger partial charge in [-0.3, -0.25) is 0 Å². The lowest BCUT2D eigenvalue weighted by Gasteiger charge is -2.13. The Morgan fingerprint density at radius 3 is 3.05 bits per heavy atom. The molecule has 7 heteroatoms. The minimum Gasteiger partial charge on any atom is -0.383 e. The second-order valence-electron chi connectivity index (χ2n) is 5.18. The van der Waals surface area contributed by atoms with Crippen LogP contribution in [0.5, 0.6) is 0 Å². The van der Waals surface area contributed by atoms with Gasteiger partial charge in [-0.25, -0.2) is 4.98 Å². The molecule has 2 aromatic heterocycles. The normalized spacial score (nSPS) is 12.8. The molecule has 3 aromatic rings. The number of fused-ring (bicyclic) bond motifs is 1. The molecule has 0 saturated heterocycles. The van der Waals surface area contributed by atoms with Gasteiger partial charge in [-0.1, -0.05) is 12.1 Å². The second-order valence-corrected chi connectivity index (χ2v) is 5.18. The molecule has 0 saturated carbocycles. The Balaban J connectivity index is 1.64. The number of H-pyrrole nitrogens is 1. The van der Waals surface area contributed by atoms with Crippen molar-refractivity contribution in [1.82, 2.24) is 30.0 Å². The first-order chi connectivity index (χ1) is 10.8. The lowest BCUT2D eigenvalue weighted by Crippen LogP contribution is -2.23. The van der Waals surface area contributed by atoms with E-state index in [0.29, 0.717) is 13.2 Å². The molecule has 116 valence electrons. The lowest BCUT2D eigenvalue weighted by molar-refractivity contribution is 0.185. The molecule has 22 heavy (non-hydrogen) atoms. The van der Waals surface area contributed by atoms with E-state index in [2.05, 4.69) is 32.4 Å². The van der Waals surface area contributed by atoms with E-state index in [0.717, 1.165) is 29.2 Å². The van der Waals surface area contributed by atoms with Gasteiger partial charge in [-0.05, 0) is 19.1 Å². The molecule has 0 bridgehead atoms. The van der Waals surface area contributed by atoms with Crippen molar-refractivity contribution < 1.29 is 4.74 Å². The molecule has 0 amide bonds. The Bertz CT molecular complexity index is 701. The molecule has 3 rings (SSSR count). The van der Waals surface area contributed by atoms with E-state index in [1.165, 1.54) is 0 Å². The van der Waals surface area contributed by atoms with Gasteiger partial charge in [0.2, 0.25) is 0 Å². The lowest BCUT2D eigenvalue weighted by atomic mass is 10.3. The third kappa shape index (κ3) is 3.15. The molecule has 1 unspecified atom stereocenters. The number of rotatable bonds is 7. The molecule has 1 aromatic carbocycles. The Labute approximate surface area is 128 Å². The summed E-state index contributed by atoms with van der Waals surface area (Å²) in [7, 11) is 1.69. The standard InChI is InChI=1S/C15H20N6O/c1-11(15-20-17-10-21(15)7-8-22-2)16-9-14-18-12-5-3-4-6-13(12)19-14/h3-6,10-11,16H,7-9H2,1-2H3,(H,18,19). The number of hydrogen-bond acceptors (Lipinski definition) is 5. The predicted octanol–water partition coefficient (Wildman–Crippen LogP) is 1.65. The highest BCUT2D eigenvalue weighted by Crippen LogP contribution is 2.12. The van der Waals surface area contributed by atoms with Crippen LogP contribution in [-0.2, 0) is 17.8 Å². The number of imidazole rings is 1. The van der Waals surface area contributed by atoms with E-state index < -0.39 is 0 Å². The molecule has 7 nitrogen and oxygen atoms in total. The second kappa shape index (κ2) is 6.67. The summed E-state index contributed by atoms with van der Waals surface area (Å²) in [5, 5.41) is 11.6. The number of para-hydroxylation sites is 2. The number of benzene rings is 1. The fraction of sp³-hybridized carbons (Fsp3) is 0.400. The molecule has 0 aliphatic heterocycles. The summed E-state index contributed by atoms with van der Waals surface area (Å²) in [5.74, 6) is 1.81. The maximum atomic E-state index is 5.10. The summed E-state index contributed by atoms with van der Waals surface area (Å²) in [6, 6.07) is 8.09. The zero-order chi connectivity index (χ0) is 15.4. The first kappa shape index (κ1) is 14.7. The number of aromatic nitrogens is 5. The number of ether oxygens (including phenoxy) is 1. The van der Waals surface area contributed by atoms with E-state index >= 15 is 0 Å². The number of methoxy groups -OCH3 is 1. The van der Waals surface area contributed by atoms with Crippen molar-refractivity contribution in [1.29, 1.82) is 0 Å². The van der Waals surface area contributed by atoms with Crippen molar-refractivity contribution in [3.05, 3.63) is 42.2 Å². The van der Waals surface area contributed by atoms with Gasteiger partial charge < -0.3 is 19.6 Å². The summed E-state index contributed by atoms with van der Waals surface area (Å²) < 4.78 is 7.10. The van der Waals surface area contributed by atoms with Crippen LogP contribution in [0.3, 0.4) is 0 Å². The topological polar surface area (TPSA) is 80.7 Å². The first-order valence-corrected chi connectivity index (χ1v) is 7.31. The monoisotopic (exact) mass is 300 g/mol. The molecular formula is C15H20N6O. The molecule has 2 N–H and O–H groups in total. The largest absolute Gasteiger partial charge is 0.383 e. The van der Waals surface area contributed by atoms with Gasteiger partial charge in [0.05, 0.1) is 30.2 Å². The van der Waals surface area contributed by atoms with Crippen LogP contribution in [0, 0.1) is 0 Å². The summed E-state index contributed by atoms with van der Waals surface area (Å²) >= 11 is 0. The van der Waals surface area contributed by atoms with Gasteiger partial charge in [0, 0.05) is 13.7 Å². The van der Waals surface area contributed by atoms with E-state index in [1.807, 2.05) is 28.8 Å². The van der Waals surface area contributed by atoms with Gasteiger partial charge in [-0.2, -0.15) is 0 Å². The van der Waals surface area contributed by atoms with E-state index in [4.69, 9.17) is 4.74 Å². The van der Waals surface area contributed by atoms with Crippen LogP contribution >= 0.6 is 0 Å². The summed E-state index contributed by atoms with van der Waals surface area (Å²) in [4.78, 5) is 7.87. The van der Waals surface area contributed by atoms with Crippen LogP contribution in [0.15, 0.2) is 30.6 Å². The molecular weight excluding hydrogens is 280 g/mol. The maximum absolute atomic E-state index is 5.10. The van der Waals surface area contributed by atoms with E-state index in [9.17, 15) is 0 Å². The van der Waals surface area contributed by atoms with E-state index in [1.54, 1.807) is 13.4 Å². The highest BCUT2D eigenvalue weighted by Gasteiger charge is 2.13. The smallest absolute Gasteiger partial charge is 0.149 e. The van der Waals surface area contributed by atoms with Crippen LogP contribution in [0.25, 0.3) is 11.0 Å². The third-order valence-corrected chi connectivity index (χ3v) is 3.58. The summed E-state index contributed by atoms with van der Waals surface area (Å²) in [5.41, 5.74) is 2.03. The predicted molar refractivity (Wildman–Crippen MR) is 83.2 cm³/mol. The average Bonchev–Trinajstić information content (AvgIpc) is 3.16. The van der Waals surface area contributed by atoms with Gasteiger partial charge in [0.1, 0.15) is 18.0 Å². The van der Waals surface area contributed by atoms with Crippen molar-refractivity contribution in [3.63, 3.8) is 0 Å². The molecule has 0 aliphatic rings. The fourth-order valence-corrected chi connectivity index (χ4v) is 2.39. The SMILES string of the molecule is COCCn1cnnc1C(C)NCc1nc2ccccc2[nH]1. The van der Waals surface area contributed by atoms with Crippen LogP contribution in [-0.4, -0.2) is 38.4 Å². The van der Waals surface area contributed by atoms with Crippen LogP contribution in [0.1, 0.15) is 24.6 Å². The molecule has 0 radical (unpaired) electrons. The van der Waals surface area contributed by atoms with Gasteiger partial charge in [0.15, 0.2) is 0 Å². The molecule has 2 heterocycles. The van der Waals surface area contributed by atoms with Crippen LogP contribution in [0.2, 0.25) is 0 Å².